The van der Waals surface area contributed by atoms with Gasteiger partial charge >= 0.3 is 5.97 Å². The van der Waals surface area contributed by atoms with Gasteiger partial charge in [0.2, 0.25) is 0 Å². The van der Waals surface area contributed by atoms with Gasteiger partial charge in [-0.25, -0.2) is 4.79 Å². The maximum atomic E-state index is 11.1. The molecule has 0 unspecified atom stereocenters. The van der Waals surface area contributed by atoms with Crippen LogP contribution in [0.15, 0.2) is 52.1 Å². The zero-order valence-electron chi connectivity index (χ0n) is 10.0. The van der Waals surface area contributed by atoms with Crippen LogP contribution in [0.4, 0.5) is 0 Å². The molecule has 0 aliphatic heterocycles. The SMILES string of the molecule is O=C(O)c1ccc(Br)cc1SCCc1cccnc1. The number of carboxylic acid groups (broad SMARTS) is 1. The fourth-order valence-electron chi connectivity index (χ4n) is 1.62. The number of carboxylic acids is 1. The smallest absolute Gasteiger partial charge is 0.336 e. The fourth-order valence-corrected chi connectivity index (χ4v) is 3.21. The highest BCUT2D eigenvalue weighted by atomic mass is 79.9. The third kappa shape index (κ3) is 4.08. The minimum absolute atomic E-state index is 0.347. The molecule has 2 aromatic rings. The second kappa shape index (κ2) is 6.73. The third-order valence-corrected chi connectivity index (χ3v) is 4.10. The molecule has 5 heteroatoms. The molecule has 1 N–H and O–H groups in total. The van der Waals surface area contributed by atoms with E-state index in [0.29, 0.717) is 5.56 Å². The summed E-state index contributed by atoms with van der Waals surface area (Å²) in [4.78, 5) is 16.0. The highest BCUT2D eigenvalue weighted by Gasteiger charge is 2.10. The van der Waals surface area contributed by atoms with E-state index in [9.17, 15) is 4.79 Å². The van der Waals surface area contributed by atoms with E-state index in [2.05, 4.69) is 20.9 Å². The van der Waals surface area contributed by atoms with Crippen LogP contribution in [-0.2, 0) is 6.42 Å². The van der Waals surface area contributed by atoms with Gasteiger partial charge in [-0.1, -0.05) is 22.0 Å². The lowest BCUT2D eigenvalue weighted by molar-refractivity contribution is 0.0693. The molecule has 0 saturated heterocycles. The molecule has 19 heavy (non-hydrogen) atoms. The van der Waals surface area contributed by atoms with E-state index >= 15 is 0 Å². The largest absolute Gasteiger partial charge is 0.478 e. The van der Waals surface area contributed by atoms with E-state index in [1.54, 1.807) is 30.1 Å². The van der Waals surface area contributed by atoms with Gasteiger partial charge in [0, 0.05) is 27.5 Å². The van der Waals surface area contributed by atoms with Gasteiger partial charge in [-0.3, -0.25) is 4.98 Å². The second-order valence-electron chi connectivity index (χ2n) is 3.91. The number of halogens is 1. The van der Waals surface area contributed by atoms with Gasteiger partial charge in [0.15, 0.2) is 0 Å². The molecule has 0 spiro atoms. The molecule has 0 saturated carbocycles. The van der Waals surface area contributed by atoms with E-state index in [1.807, 2.05) is 24.4 Å². The van der Waals surface area contributed by atoms with E-state index < -0.39 is 5.97 Å². The molecule has 2 rings (SSSR count). The summed E-state index contributed by atoms with van der Waals surface area (Å²) in [7, 11) is 0. The lowest BCUT2D eigenvalue weighted by Crippen LogP contribution is -1.99. The van der Waals surface area contributed by atoms with E-state index in [4.69, 9.17) is 5.11 Å². The molecule has 1 aromatic carbocycles. The van der Waals surface area contributed by atoms with Crippen LogP contribution in [0.25, 0.3) is 0 Å². The summed E-state index contributed by atoms with van der Waals surface area (Å²) in [6, 6.07) is 9.14. The predicted octanol–water partition coefficient (Wildman–Crippen LogP) is 3.88. The van der Waals surface area contributed by atoms with Crippen LogP contribution in [0.3, 0.4) is 0 Å². The van der Waals surface area contributed by atoms with Gasteiger partial charge in [0.1, 0.15) is 0 Å². The van der Waals surface area contributed by atoms with Crippen molar-refractivity contribution in [2.45, 2.75) is 11.3 Å². The van der Waals surface area contributed by atoms with Crippen molar-refractivity contribution in [3.8, 4) is 0 Å². The topological polar surface area (TPSA) is 50.2 Å². The van der Waals surface area contributed by atoms with Crippen LogP contribution < -0.4 is 0 Å². The number of carbonyl (C=O) groups is 1. The summed E-state index contributed by atoms with van der Waals surface area (Å²) in [5.74, 6) is -0.0704. The standard InChI is InChI=1S/C14H12BrNO2S/c15-11-3-4-12(14(17)18)13(8-11)19-7-5-10-2-1-6-16-9-10/h1-4,6,8-9H,5,7H2,(H,17,18). The van der Waals surface area contributed by atoms with Crippen LogP contribution in [0.2, 0.25) is 0 Å². The first-order valence-corrected chi connectivity index (χ1v) is 7.49. The Morgan fingerprint density at radius 3 is 2.89 bits per heavy atom. The van der Waals surface area contributed by atoms with Crippen molar-refractivity contribution in [1.82, 2.24) is 4.98 Å². The molecular weight excluding hydrogens is 326 g/mol. The van der Waals surface area contributed by atoms with Gasteiger partial charge in [0.25, 0.3) is 0 Å². The quantitative estimate of drug-likeness (QED) is 0.841. The number of aryl methyl sites for hydroxylation is 1. The molecule has 1 aromatic heterocycles. The number of rotatable bonds is 5. The minimum Gasteiger partial charge on any atom is -0.478 e. The van der Waals surface area contributed by atoms with Crippen molar-refractivity contribution >= 4 is 33.7 Å². The first-order valence-electron chi connectivity index (χ1n) is 5.71. The molecule has 0 aliphatic carbocycles. The van der Waals surface area contributed by atoms with Crippen molar-refractivity contribution in [1.29, 1.82) is 0 Å². The zero-order chi connectivity index (χ0) is 13.7. The van der Waals surface area contributed by atoms with Crippen LogP contribution in [0.1, 0.15) is 15.9 Å². The number of hydrogen-bond acceptors (Lipinski definition) is 3. The van der Waals surface area contributed by atoms with Gasteiger partial charge in [-0.2, -0.15) is 0 Å². The molecule has 0 fully saturated rings. The monoisotopic (exact) mass is 337 g/mol. The van der Waals surface area contributed by atoms with E-state index in [-0.39, 0.29) is 0 Å². The fraction of sp³-hybridized carbons (Fsp3) is 0.143. The number of nitrogens with zero attached hydrogens (tertiary/aromatic N) is 1. The molecule has 0 atom stereocenters. The molecular formula is C14H12BrNO2S. The number of pyridine rings is 1. The van der Waals surface area contributed by atoms with Crippen LogP contribution in [0.5, 0.6) is 0 Å². The number of aromatic carboxylic acids is 1. The Kier molecular flexibility index (Phi) is 4.99. The van der Waals surface area contributed by atoms with Crippen molar-refractivity contribution < 1.29 is 9.90 Å². The van der Waals surface area contributed by atoms with E-state index in [1.165, 1.54) is 0 Å². The van der Waals surface area contributed by atoms with Crippen LogP contribution in [0, 0.1) is 0 Å². The molecule has 1 heterocycles. The van der Waals surface area contributed by atoms with Gasteiger partial charge in [-0.15, -0.1) is 11.8 Å². The minimum atomic E-state index is -0.892. The van der Waals surface area contributed by atoms with Crippen molar-refractivity contribution in [2.75, 3.05) is 5.75 Å². The Bertz CT molecular complexity index is 575. The van der Waals surface area contributed by atoms with E-state index in [0.717, 1.165) is 27.1 Å². The van der Waals surface area contributed by atoms with Crippen LogP contribution >= 0.6 is 27.7 Å². The molecule has 0 radical (unpaired) electrons. The Morgan fingerprint density at radius 2 is 2.21 bits per heavy atom. The Morgan fingerprint density at radius 1 is 1.37 bits per heavy atom. The lowest BCUT2D eigenvalue weighted by atomic mass is 10.2. The molecule has 0 amide bonds. The summed E-state index contributed by atoms with van der Waals surface area (Å²) in [6.07, 6.45) is 4.44. The predicted molar refractivity (Wildman–Crippen MR) is 79.8 cm³/mol. The summed E-state index contributed by atoms with van der Waals surface area (Å²) in [5.41, 5.74) is 1.50. The van der Waals surface area contributed by atoms with Gasteiger partial charge in [0.05, 0.1) is 5.56 Å². The maximum Gasteiger partial charge on any atom is 0.336 e. The van der Waals surface area contributed by atoms with Crippen molar-refractivity contribution in [2.24, 2.45) is 0 Å². The second-order valence-corrected chi connectivity index (χ2v) is 5.96. The Hall–Kier alpha value is -1.33. The molecule has 0 aliphatic rings. The first kappa shape index (κ1) is 14.1. The summed E-state index contributed by atoms with van der Waals surface area (Å²) >= 11 is 4.91. The summed E-state index contributed by atoms with van der Waals surface area (Å²) in [6.45, 7) is 0. The third-order valence-electron chi connectivity index (χ3n) is 2.55. The highest BCUT2D eigenvalue weighted by Crippen LogP contribution is 2.27. The first-order chi connectivity index (χ1) is 9.16. The van der Waals surface area contributed by atoms with Gasteiger partial charge in [-0.05, 0) is 36.2 Å². The lowest BCUT2D eigenvalue weighted by Gasteiger charge is -2.06. The number of aromatic nitrogens is 1. The highest BCUT2D eigenvalue weighted by molar-refractivity contribution is 9.10. The molecule has 0 bridgehead atoms. The average molecular weight is 338 g/mol. The van der Waals surface area contributed by atoms with Crippen molar-refractivity contribution in [3.05, 3.63) is 58.3 Å². The summed E-state index contributed by atoms with van der Waals surface area (Å²) < 4.78 is 0.890. The Labute approximate surface area is 124 Å². The number of thioether (sulfide) groups is 1. The number of hydrogen-bond donors (Lipinski definition) is 1. The van der Waals surface area contributed by atoms with Gasteiger partial charge < -0.3 is 5.11 Å². The maximum absolute atomic E-state index is 11.1. The van der Waals surface area contributed by atoms with Crippen molar-refractivity contribution in [3.63, 3.8) is 0 Å². The summed E-state index contributed by atoms with van der Waals surface area (Å²) in [5, 5.41) is 9.13. The van der Waals surface area contributed by atoms with Crippen LogP contribution in [-0.4, -0.2) is 21.8 Å². The average Bonchev–Trinajstić information content (AvgIpc) is 2.39. The zero-order valence-corrected chi connectivity index (χ0v) is 12.4. The normalized spacial score (nSPS) is 10.4. The molecule has 98 valence electrons. The Balaban J connectivity index is 2.03. The number of benzene rings is 1. The molecule has 3 nitrogen and oxygen atoms in total.